The van der Waals surface area contributed by atoms with Gasteiger partial charge in [0.2, 0.25) is 88.5 Å². The van der Waals surface area contributed by atoms with Crippen LogP contribution in [0.5, 0.6) is 0 Å². The standard InChI is InChI=1S/C79H130N28O22/c1-42(95-61(113)40-94-76(127)63(45(4)109)107-74(125)55(36-47-21-9-6-10-22-47)98-62(114)39-92-60(112)38-93-67(118)48(83)35-46-19-7-5-8-20-46)64(115)99-52(26-17-33-90-78(86)87)70(121)103-51(25-13-16-32-82)72(123)106-57(41-108)75(126)97-43(2)65(116)100-53(27-18-34-91-79(88)89)71(122)102-50(24-12-15-31-81)69(120)101-49(23-11-14-30-80)68(119)96-44(3)66(117)105-56(37-59(85)111)73(124)104-54(77(128)129)28-29-58(84)110/h5-10,19-22,42-45,48-57,63,108-109H,11-18,23-41,80-83H2,1-4H3,(H2,84,110)(H2,85,111)(H,92,112)(H,93,118)(H,94,127)(H,95,113)(H,96,119)(H,97,126)(H,98,114)(H,99,115)(H,100,116)(H,101,120)(H,102,122)(H,103,121)(H,104,124)(H,105,117)(H,106,123)(H,107,125)(H,128,129)(H4,86,87,90)(H4,88,89,91). The molecule has 0 aliphatic carbocycles. The van der Waals surface area contributed by atoms with Gasteiger partial charge in [-0.15, -0.1) is 0 Å². The summed E-state index contributed by atoms with van der Waals surface area (Å²) in [5, 5.41) is 265. The number of aliphatic carboxylic acids is 1. The van der Waals surface area contributed by atoms with Crippen LogP contribution in [0.25, 0.3) is 0 Å². The van der Waals surface area contributed by atoms with Crippen LogP contribution in [0.4, 0.5) is 0 Å². The van der Waals surface area contributed by atoms with Crippen molar-refractivity contribution in [3.05, 3.63) is 71.8 Å². The van der Waals surface area contributed by atoms with Crippen LogP contribution in [0.3, 0.4) is 0 Å². The number of nitrogens with one attached hydrogen (secondary N) is 6. The maximum Gasteiger partial charge on any atom is 0.328 e. The minimum absolute atomic E-state index is 0.0140. The van der Waals surface area contributed by atoms with E-state index < -0.39 is 260 Å². The molecular weight excluding hydrogens is 1690 g/mol. The number of hydrogen-bond acceptors (Lipinski definition) is 27. The van der Waals surface area contributed by atoms with Crippen LogP contribution in [0.1, 0.15) is 142 Å². The third kappa shape index (κ3) is 46.1. The molecule has 129 heavy (non-hydrogen) atoms. The minimum Gasteiger partial charge on any atom is -0.497 e. The van der Waals surface area contributed by atoms with Crippen molar-refractivity contribution in [3.8, 4) is 0 Å². The molecule has 50 nitrogen and oxygen atoms in total. The fourth-order valence-electron chi connectivity index (χ4n) is 11.4. The van der Waals surface area contributed by atoms with E-state index in [1.807, 2.05) is 18.2 Å². The van der Waals surface area contributed by atoms with Gasteiger partial charge in [0.1, 0.15) is 80.1 Å². The van der Waals surface area contributed by atoms with Gasteiger partial charge in [0.05, 0.1) is 25.2 Å². The zero-order valence-electron chi connectivity index (χ0n) is 72.4. The third-order valence-corrected chi connectivity index (χ3v) is 18.4. The number of nitrogens with zero attached hydrogens (tertiary/aromatic N) is 16. The van der Waals surface area contributed by atoms with Gasteiger partial charge in [-0.2, -0.15) is 0 Å². The first-order valence-electron chi connectivity index (χ1n) is 41.3. The fraction of sp³-hybridized carbons (Fsp3) is 0.582. The first-order valence-corrected chi connectivity index (χ1v) is 41.3. The highest BCUT2D eigenvalue weighted by molar-refractivity contribution is 5.97. The zero-order valence-corrected chi connectivity index (χ0v) is 72.4. The van der Waals surface area contributed by atoms with Crippen LogP contribution in [0.15, 0.2) is 141 Å². The summed E-state index contributed by atoms with van der Waals surface area (Å²) in [4.78, 5) is 76.7. The molecule has 39 N–H and O–H groups in total. The number of nitrogens with two attached hydrogens (primary N) is 6. The first-order chi connectivity index (χ1) is 61.0. The molecule has 15 unspecified atom stereocenters. The molecule has 0 aromatic heterocycles. The lowest BCUT2D eigenvalue weighted by Crippen LogP contribution is -2.34. The number of aliphatic hydroxyl groups excluding tert-OH is 20. The molecule has 50 heteroatoms. The van der Waals surface area contributed by atoms with Crippen molar-refractivity contribution in [2.75, 3.05) is 59.0 Å². The van der Waals surface area contributed by atoms with Gasteiger partial charge >= 0.3 is 5.97 Å². The summed E-state index contributed by atoms with van der Waals surface area (Å²) in [5.74, 6) is -17.7. The Hall–Kier alpha value is -13.3. The van der Waals surface area contributed by atoms with Gasteiger partial charge in [-0.25, -0.2) is 84.7 Å². The number of carbonyl (C=O) groups is 1. The number of carboxylic acid groups (broad SMARTS) is 1. The number of aliphatic hydroxyl groups is 20. The number of aliphatic imine (C=N–C) groups is 16. The maximum atomic E-state index is 11.9. The highest BCUT2D eigenvalue weighted by Gasteiger charge is 2.32. The molecule has 718 valence electrons. The fourth-order valence-corrected chi connectivity index (χ4v) is 11.4. The average molecular weight is 1820 g/mol. The quantitative estimate of drug-likeness (QED) is 0.0256. The molecule has 0 aliphatic heterocycles. The molecule has 2 rings (SSSR count). The second kappa shape index (κ2) is 61.1. The van der Waals surface area contributed by atoms with Crippen molar-refractivity contribution < 1.29 is 112 Å². The molecule has 2 aromatic rings. The number of hydrogen-bond donors (Lipinski definition) is 33. The number of unbranched alkanes of at least 4 members (excludes halogenated alkanes) is 3. The molecular formula is C79H130N28O22. The molecule has 0 amide bonds. The lowest BCUT2D eigenvalue weighted by molar-refractivity contribution is -0.138. The predicted molar refractivity (Wildman–Crippen MR) is 498 cm³/mol. The van der Waals surface area contributed by atoms with Gasteiger partial charge in [-0.1, -0.05) is 60.7 Å². The van der Waals surface area contributed by atoms with Gasteiger partial charge < -0.3 is 152 Å². The Morgan fingerprint density at radius 2 is 0.698 bits per heavy atom. The number of carboxylic acids is 1. The second-order valence-electron chi connectivity index (χ2n) is 29.3. The highest BCUT2D eigenvalue weighted by atomic mass is 16.4. The van der Waals surface area contributed by atoms with Crippen LogP contribution >= 0.6 is 0 Å². The zero-order chi connectivity index (χ0) is 96.8. The largest absolute Gasteiger partial charge is 0.497 e. The van der Waals surface area contributed by atoms with Gasteiger partial charge in [0.25, 0.3) is 0 Å². The van der Waals surface area contributed by atoms with Crippen LogP contribution in [0, 0.1) is 21.6 Å². The number of benzene rings is 2. The summed E-state index contributed by atoms with van der Waals surface area (Å²) in [6.45, 7) is 2.35. The van der Waals surface area contributed by atoms with Crippen molar-refractivity contribution in [2.24, 2.45) is 114 Å². The molecule has 0 radical (unpaired) electrons. The summed E-state index contributed by atoms with van der Waals surface area (Å²) < 4.78 is 0. The van der Waals surface area contributed by atoms with Crippen LogP contribution in [0.2, 0.25) is 0 Å². The SMILES string of the molecule is CC(N=C(O)CN=C(O)C(N=C(O)C(Cc1ccccc1)N=C(O)CN=C(O)CN=C(O)C(N)Cc1ccccc1)C(C)O)C(O)=NC(CCCNC(=N)N)C(O)=NC(CCCCN)C(O)=NC(CO)C(O)=NC(C)C(O)=NC(CCCNC(=N)N)C(O)=NC(CCCCN)C(O)=NC(CCCCN)C(O)=NC(C)C(O)=NC(CC(=N)O)C(O)=NC(CCC(=N)O)C(=O)O. The average Bonchev–Trinajstić information content (AvgIpc) is 0.941. The van der Waals surface area contributed by atoms with Crippen LogP contribution in [-0.2, 0) is 17.6 Å². The molecule has 0 saturated heterocycles. The smallest absolute Gasteiger partial charge is 0.328 e. The summed E-state index contributed by atoms with van der Waals surface area (Å²) in [7, 11) is 0. The van der Waals surface area contributed by atoms with E-state index in [1.165, 1.54) is 27.7 Å². The van der Waals surface area contributed by atoms with Crippen molar-refractivity contribution in [1.29, 1.82) is 21.6 Å². The summed E-state index contributed by atoms with van der Waals surface area (Å²) in [5.41, 5.74) is 35.8. The van der Waals surface area contributed by atoms with Gasteiger partial charge in [0.15, 0.2) is 47.7 Å². The Kier molecular flexibility index (Phi) is 53.0. The van der Waals surface area contributed by atoms with Crippen molar-refractivity contribution in [3.63, 3.8) is 0 Å². The molecule has 0 heterocycles. The predicted octanol–water partition coefficient (Wildman–Crippen LogP) is 3.57. The Balaban J connectivity index is 2.69. The van der Waals surface area contributed by atoms with E-state index >= 15 is 0 Å². The topological polar surface area (TPSA) is 915 Å². The summed E-state index contributed by atoms with van der Waals surface area (Å²) >= 11 is 0. The van der Waals surface area contributed by atoms with Crippen molar-refractivity contribution in [2.45, 2.75) is 234 Å². The van der Waals surface area contributed by atoms with E-state index in [4.69, 9.17) is 56.0 Å². The molecule has 0 spiro atoms. The third-order valence-electron chi connectivity index (χ3n) is 18.4. The monoisotopic (exact) mass is 1820 g/mol. The van der Waals surface area contributed by atoms with E-state index in [0.29, 0.717) is 24.8 Å². The number of rotatable bonds is 64. The molecule has 0 bridgehead atoms. The van der Waals surface area contributed by atoms with Crippen LogP contribution in [-0.4, -0.2) is 381 Å². The lowest BCUT2D eigenvalue weighted by atomic mass is 10.1. The van der Waals surface area contributed by atoms with Crippen LogP contribution < -0.4 is 45.0 Å². The lowest BCUT2D eigenvalue weighted by Gasteiger charge is -2.19. The van der Waals surface area contributed by atoms with Crippen molar-refractivity contribution >= 4 is 124 Å². The molecule has 2 aromatic carbocycles. The highest BCUT2D eigenvalue weighted by Crippen LogP contribution is 2.20. The Morgan fingerprint density at radius 3 is 1.10 bits per heavy atom. The van der Waals surface area contributed by atoms with E-state index in [-0.39, 0.29) is 110 Å². The van der Waals surface area contributed by atoms with E-state index in [9.17, 15) is 112 Å². The first kappa shape index (κ1) is 112. The second-order valence-corrected chi connectivity index (χ2v) is 29.3. The maximum absolute atomic E-state index is 11.9. The normalized spacial score (nSPS) is 17.6. The van der Waals surface area contributed by atoms with E-state index in [1.54, 1.807) is 42.5 Å². The molecule has 0 aliphatic rings. The molecule has 0 fully saturated rings. The molecule has 0 saturated carbocycles. The minimum atomic E-state index is -1.83. The molecule has 15 atom stereocenters. The Bertz CT molecular complexity index is 4350. The van der Waals surface area contributed by atoms with E-state index in [2.05, 4.69) is 90.5 Å². The van der Waals surface area contributed by atoms with Gasteiger partial charge in [-0.05, 0) is 155 Å². The van der Waals surface area contributed by atoms with Gasteiger partial charge in [-0.3, -0.25) is 21.6 Å². The van der Waals surface area contributed by atoms with Crippen molar-refractivity contribution in [1.82, 2.24) is 10.6 Å². The van der Waals surface area contributed by atoms with Gasteiger partial charge in [0, 0.05) is 25.9 Å². The number of guanidine groups is 2. The Morgan fingerprint density at radius 1 is 0.357 bits per heavy atom. The summed E-state index contributed by atoms with van der Waals surface area (Å²) in [6, 6.07) is -3.79. The summed E-state index contributed by atoms with van der Waals surface area (Å²) in [6.07, 6.45) is -1.82. The van der Waals surface area contributed by atoms with E-state index in [0.717, 1.165) is 5.56 Å². The Labute approximate surface area is 744 Å².